The average Bonchev–Trinajstić information content (AvgIpc) is 3.30. The molecule has 8 heteroatoms. The number of rotatable bonds is 4. The fraction of sp³-hybridized carbons (Fsp3) is 0.310. The summed E-state index contributed by atoms with van der Waals surface area (Å²) in [6, 6.07) is 4.11. The van der Waals surface area contributed by atoms with Crippen molar-refractivity contribution in [2.24, 2.45) is 0 Å². The summed E-state index contributed by atoms with van der Waals surface area (Å²) in [5.41, 5.74) is 6.46. The van der Waals surface area contributed by atoms with Crippen LogP contribution in [0.3, 0.4) is 0 Å². The van der Waals surface area contributed by atoms with Crippen molar-refractivity contribution in [1.82, 2.24) is 4.90 Å². The Morgan fingerprint density at radius 3 is 2.22 bits per heavy atom. The maximum atomic E-state index is 15.2. The monoisotopic (exact) mass is 509 g/mol. The Bertz CT molecular complexity index is 1460. The molecule has 192 valence electrons. The molecule has 37 heavy (non-hydrogen) atoms. The molecule has 0 saturated heterocycles. The fourth-order valence-electron chi connectivity index (χ4n) is 5.72. The first-order chi connectivity index (χ1) is 17.6. The molecule has 0 atom stereocenters. The fourth-order valence-corrected chi connectivity index (χ4v) is 5.72. The summed E-state index contributed by atoms with van der Waals surface area (Å²) in [4.78, 5) is 26.5. The zero-order chi connectivity index (χ0) is 26.6. The highest BCUT2D eigenvalue weighted by molar-refractivity contribution is 5.95. The quantitative estimate of drug-likeness (QED) is 0.483. The molecule has 3 aromatic carbocycles. The molecule has 0 spiro atoms. The number of carboxylic acids is 1. The van der Waals surface area contributed by atoms with Crippen molar-refractivity contribution in [2.75, 3.05) is 6.61 Å². The summed E-state index contributed by atoms with van der Waals surface area (Å²) >= 11 is 0. The van der Waals surface area contributed by atoms with Gasteiger partial charge in [-0.25, -0.2) is 13.2 Å². The molecule has 2 aliphatic heterocycles. The molecule has 0 radical (unpaired) electrons. The third kappa shape index (κ3) is 4.24. The van der Waals surface area contributed by atoms with E-state index in [9.17, 15) is 23.5 Å². The second kappa shape index (κ2) is 9.25. The zero-order valence-corrected chi connectivity index (χ0v) is 20.8. The molecule has 5 rings (SSSR count). The van der Waals surface area contributed by atoms with Crippen LogP contribution < -0.4 is 4.74 Å². The lowest BCUT2D eigenvalue weighted by Gasteiger charge is -2.25. The second-order valence-electron chi connectivity index (χ2n) is 9.74. The maximum Gasteiger partial charge on any atom is 0.307 e. The smallest absolute Gasteiger partial charge is 0.307 e. The van der Waals surface area contributed by atoms with Crippen molar-refractivity contribution in [3.8, 4) is 16.9 Å². The van der Waals surface area contributed by atoms with E-state index in [1.54, 1.807) is 0 Å². The lowest BCUT2D eigenvalue weighted by Crippen LogP contribution is -2.25. The van der Waals surface area contributed by atoms with Crippen LogP contribution in [0.15, 0.2) is 24.3 Å². The number of carboxylic acid groups (broad SMARTS) is 1. The Morgan fingerprint density at radius 2 is 1.57 bits per heavy atom. The molecule has 0 bridgehead atoms. The lowest BCUT2D eigenvalue weighted by molar-refractivity contribution is -0.136. The summed E-state index contributed by atoms with van der Waals surface area (Å²) in [7, 11) is 0. The standard InChI is InChI=1S/C29H26F3NO4/c1-14-20-5-4-6-37-28(20)25(32)10-21(14)27-16(3)24-13-33(12-23(24)15(2)22(27)11-26(34)35)29(36)17-7-18(30)9-19(31)8-17/h7-10H,4-6,11-13H2,1-3H3,(H,34,35). The van der Waals surface area contributed by atoms with Crippen molar-refractivity contribution in [3.63, 3.8) is 0 Å². The van der Waals surface area contributed by atoms with Crippen molar-refractivity contribution in [2.45, 2.75) is 53.1 Å². The van der Waals surface area contributed by atoms with Gasteiger partial charge >= 0.3 is 5.97 Å². The van der Waals surface area contributed by atoms with Crippen LogP contribution in [0, 0.1) is 38.2 Å². The number of aliphatic carboxylic acids is 1. The van der Waals surface area contributed by atoms with Crippen LogP contribution in [0.2, 0.25) is 0 Å². The van der Waals surface area contributed by atoms with Gasteiger partial charge in [0.25, 0.3) is 5.91 Å². The SMILES string of the molecule is Cc1c(-c2c(C)c3c(c(C)c2CC(=O)O)CN(C(=O)c2cc(F)cc(F)c2)C3)cc(F)c2c1CCCO2. The Morgan fingerprint density at radius 1 is 0.919 bits per heavy atom. The first-order valence-electron chi connectivity index (χ1n) is 12.1. The zero-order valence-electron chi connectivity index (χ0n) is 20.8. The van der Waals surface area contributed by atoms with Gasteiger partial charge in [-0.15, -0.1) is 0 Å². The largest absolute Gasteiger partial charge is 0.490 e. The summed E-state index contributed by atoms with van der Waals surface area (Å²) in [5, 5.41) is 9.73. The number of fused-ring (bicyclic) bond motifs is 2. The van der Waals surface area contributed by atoms with Crippen LogP contribution in [0.5, 0.6) is 5.75 Å². The van der Waals surface area contributed by atoms with E-state index in [1.165, 1.54) is 11.0 Å². The van der Waals surface area contributed by atoms with E-state index >= 15 is 4.39 Å². The van der Waals surface area contributed by atoms with Gasteiger partial charge in [0.1, 0.15) is 11.6 Å². The van der Waals surface area contributed by atoms with Gasteiger partial charge in [0.05, 0.1) is 13.0 Å². The minimum atomic E-state index is -1.02. The first kappa shape index (κ1) is 24.9. The Labute approximate surface area is 212 Å². The van der Waals surface area contributed by atoms with E-state index < -0.39 is 29.3 Å². The van der Waals surface area contributed by atoms with E-state index in [0.717, 1.165) is 46.4 Å². The minimum Gasteiger partial charge on any atom is -0.490 e. The number of carbonyl (C=O) groups excluding carboxylic acids is 1. The summed E-state index contributed by atoms with van der Waals surface area (Å²) in [6.07, 6.45) is 1.15. The van der Waals surface area contributed by atoms with Gasteiger partial charge in [-0.3, -0.25) is 9.59 Å². The van der Waals surface area contributed by atoms with Gasteiger partial charge in [0.15, 0.2) is 11.6 Å². The minimum absolute atomic E-state index is 0.0980. The van der Waals surface area contributed by atoms with Gasteiger partial charge in [0.2, 0.25) is 0 Å². The van der Waals surface area contributed by atoms with Crippen LogP contribution in [-0.4, -0.2) is 28.5 Å². The number of carbonyl (C=O) groups is 2. The predicted octanol–water partition coefficient (Wildman–Crippen LogP) is 5.80. The van der Waals surface area contributed by atoms with Crippen LogP contribution in [0.1, 0.15) is 55.7 Å². The van der Waals surface area contributed by atoms with E-state index in [-0.39, 0.29) is 30.8 Å². The van der Waals surface area contributed by atoms with Crippen molar-refractivity contribution >= 4 is 11.9 Å². The third-order valence-corrected chi connectivity index (χ3v) is 7.53. The molecule has 0 saturated carbocycles. The van der Waals surface area contributed by atoms with Crippen LogP contribution >= 0.6 is 0 Å². The van der Waals surface area contributed by atoms with E-state index in [2.05, 4.69) is 0 Å². The van der Waals surface area contributed by atoms with Crippen molar-refractivity contribution < 1.29 is 32.6 Å². The van der Waals surface area contributed by atoms with E-state index in [4.69, 9.17) is 4.74 Å². The normalized spacial score (nSPS) is 14.3. The highest BCUT2D eigenvalue weighted by atomic mass is 19.1. The molecule has 3 aromatic rings. The summed E-state index contributed by atoms with van der Waals surface area (Å²) in [6.45, 7) is 6.36. The number of halogens is 3. The number of hydrogen-bond donors (Lipinski definition) is 1. The molecule has 1 N–H and O–H groups in total. The van der Waals surface area contributed by atoms with Crippen molar-refractivity contribution in [3.05, 3.63) is 86.2 Å². The predicted molar refractivity (Wildman–Crippen MR) is 131 cm³/mol. The third-order valence-electron chi connectivity index (χ3n) is 7.53. The summed E-state index contributed by atoms with van der Waals surface area (Å²) in [5.74, 6) is -3.46. The number of benzene rings is 3. The Hall–Kier alpha value is -3.81. The van der Waals surface area contributed by atoms with Gasteiger partial charge < -0.3 is 14.7 Å². The van der Waals surface area contributed by atoms with Gasteiger partial charge in [-0.1, -0.05) is 0 Å². The molecule has 5 nitrogen and oxygen atoms in total. The van der Waals surface area contributed by atoms with Crippen molar-refractivity contribution in [1.29, 1.82) is 0 Å². The van der Waals surface area contributed by atoms with Gasteiger partial charge in [0, 0.05) is 30.3 Å². The Balaban J connectivity index is 1.66. The topological polar surface area (TPSA) is 66.8 Å². The second-order valence-corrected chi connectivity index (χ2v) is 9.74. The molecular weight excluding hydrogens is 483 g/mol. The highest BCUT2D eigenvalue weighted by Crippen LogP contribution is 2.44. The Kier molecular flexibility index (Phi) is 6.22. The highest BCUT2D eigenvalue weighted by Gasteiger charge is 2.32. The molecule has 2 heterocycles. The molecular formula is C29H26F3NO4. The molecule has 1 amide bonds. The summed E-state index contributed by atoms with van der Waals surface area (Å²) < 4.78 is 48.3. The van der Waals surface area contributed by atoms with Crippen LogP contribution in [0.4, 0.5) is 13.2 Å². The first-order valence-corrected chi connectivity index (χ1v) is 12.1. The molecule has 0 aromatic heterocycles. The molecule has 0 unspecified atom stereocenters. The molecule has 0 fully saturated rings. The lowest BCUT2D eigenvalue weighted by atomic mass is 9.81. The molecule has 2 aliphatic rings. The van der Waals surface area contributed by atoms with Crippen LogP contribution in [0.25, 0.3) is 11.1 Å². The number of hydrogen-bond acceptors (Lipinski definition) is 3. The number of ether oxygens (including phenoxy) is 1. The van der Waals surface area contributed by atoms with Gasteiger partial charge in [-0.05, 0) is 96.3 Å². The number of nitrogens with zero attached hydrogens (tertiary/aromatic N) is 1. The number of amides is 1. The molecule has 0 aliphatic carbocycles. The van der Waals surface area contributed by atoms with E-state index in [1.807, 2.05) is 20.8 Å². The van der Waals surface area contributed by atoms with Gasteiger partial charge in [-0.2, -0.15) is 0 Å². The average molecular weight is 510 g/mol. The maximum absolute atomic E-state index is 15.2. The van der Waals surface area contributed by atoms with Crippen LogP contribution in [-0.2, 0) is 30.7 Å². The van der Waals surface area contributed by atoms with E-state index in [0.29, 0.717) is 41.3 Å².